The standard InChI is InChI=1S/C17H28N2O.ClH/c1-14-8-10-15(11-9-14)6-5-7-16(20)19(4)13-17(2,3)12-18;/h8-11H,5-7,12-13,18H2,1-4H3;1H. The van der Waals surface area contributed by atoms with E-state index in [0.717, 1.165) is 12.8 Å². The van der Waals surface area contributed by atoms with Crippen LogP contribution in [0.2, 0.25) is 0 Å². The fourth-order valence-corrected chi connectivity index (χ4v) is 2.18. The van der Waals surface area contributed by atoms with Crippen LogP contribution in [-0.2, 0) is 11.2 Å². The van der Waals surface area contributed by atoms with Crippen LogP contribution in [0.3, 0.4) is 0 Å². The topological polar surface area (TPSA) is 46.3 Å². The Morgan fingerprint density at radius 2 is 1.81 bits per heavy atom. The van der Waals surface area contributed by atoms with Crippen molar-refractivity contribution < 1.29 is 4.79 Å². The monoisotopic (exact) mass is 312 g/mol. The van der Waals surface area contributed by atoms with E-state index in [9.17, 15) is 4.79 Å². The second-order valence-corrected chi connectivity index (χ2v) is 6.46. The van der Waals surface area contributed by atoms with E-state index in [1.807, 2.05) is 11.9 Å². The Balaban J connectivity index is 0.00000400. The van der Waals surface area contributed by atoms with Gasteiger partial charge in [-0.1, -0.05) is 43.7 Å². The van der Waals surface area contributed by atoms with Gasteiger partial charge in [-0.15, -0.1) is 12.4 Å². The van der Waals surface area contributed by atoms with Crippen LogP contribution in [0.5, 0.6) is 0 Å². The predicted molar refractivity (Wildman–Crippen MR) is 91.8 cm³/mol. The molecular weight excluding hydrogens is 284 g/mol. The van der Waals surface area contributed by atoms with E-state index in [1.54, 1.807) is 0 Å². The Labute approximate surface area is 135 Å². The molecule has 0 unspecified atom stereocenters. The average Bonchev–Trinajstić information content (AvgIpc) is 2.40. The molecule has 1 aromatic rings. The van der Waals surface area contributed by atoms with Crippen LogP contribution < -0.4 is 5.73 Å². The lowest BCUT2D eigenvalue weighted by molar-refractivity contribution is -0.131. The summed E-state index contributed by atoms with van der Waals surface area (Å²) >= 11 is 0. The molecule has 0 bridgehead atoms. The third kappa shape index (κ3) is 7.49. The molecule has 2 N–H and O–H groups in total. The molecule has 0 aromatic heterocycles. The Morgan fingerprint density at radius 1 is 1.24 bits per heavy atom. The molecule has 3 nitrogen and oxygen atoms in total. The van der Waals surface area contributed by atoms with E-state index in [0.29, 0.717) is 19.5 Å². The number of nitrogens with two attached hydrogens (primary N) is 1. The molecule has 0 fully saturated rings. The van der Waals surface area contributed by atoms with Crippen molar-refractivity contribution in [3.8, 4) is 0 Å². The highest BCUT2D eigenvalue weighted by Gasteiger charge is 2.20. The summed E-state index contributed by atoms with van der Waals surface area (Å²) < 4.78 is 0. The van der Waals surface area contributed by atoms with Gasteiger partial charge in [-0.25, -0.2) is 0 Å². The Hall–Kier alpha value is -1.06. The second-order valence-electron chi connectivity index (χ2n) is 6.46. The maximum Gasteiger partial charge on any atom is 0.222 e. The number of nitrogens with zero attached hydrogens (tertiary/aromatic N) is 1. The van der Waals surface area contributed by atoms with Gasteiger partial charge in [0.1, 0.15) is 0 Å². The summed E-state index contributed by atoms with van der Waals surface area (Å²) in [5.41, 5.74) is 8.26. The minimum atomic E-state index is -0.0125. The maximum absolute atomic E-state index is 12.1. The summed E-state index contributed by atoms with van der Waals surface area (Å²) in [5, 5.41) is 0. The predicted octanol–water partition coefficient (Wildman–Crippen LogP) is 3.18. The zero-order chi connectivity index (χ0) is 15.2. The van der Waals surface area contributed by atoms with E-state index in [-0.39, 0.29) is 23.7 Å². The van der Waals surface area contributed by atoms with Crippen molar-refractivity contribution in [1.82, 2.24) is 4.90 Å². The molecule has 0 saturated carbocycles. The van der Waals surface area contributed by atoms with Crippen LogP contribution in [-0.4, -0.2) is 30.9 Å². The molecule has 0 aliphatic carbocycles. The van der Waals surface area contributed by atoms with Crippen LogP contribution in [0.15, 0.2) is 24.3 Å². The number of hydrogen-bond acceptors (Lipinski definition) is 2. The first-order valence-electron chi connectivity index (χ1n) is 7.34. The van der Waals surface area contributed by atoms with Gasteiger partial charge < -0.3 is 10.6 Å². The van der Waals surface area contributed by atoms with Gasteiger partial charge in [0.25, 0.3) is 0 Å². The van der Waals surface area contributed by atoms with E-state index in [1.165, 1.54) is 11.1 Å². The van der Waals surface area contributed by atoms with Crippen molar-refractivity contribution in [2.75, 3.05) is 20.1 Å². The normalized spacial score (nSPS) is 10.9. The van der Waals surface area contributed by atoms with Gasteiger partial charge in [0.15, 0.2) is 0 Å². The average molecular weight is 313 g/mol. The lowest BCUT2D eigenvalue weighted by Gasteiger charge is -2.29. The number of carbonyl (C=O) groups excluding carboxylic acids is 1. The molecule has 0 saturated heterocycles. The summed E-state index contributed by atoms with van der Waals surface area (Å²) in [6.45, 7) is 7.56. The van der Waals surface area contributed by atoms with Crippen molar-refractivity contribution in [3.63, 3.8) is 0 Å². The number of aryl methyl sites for hydroxylation is 2. The van der Waals surface area contributed by atoms with Crippen LogP contribution in [0.1, 0.15) is 37.8 Å². The smallest absolute Gasteiger partial charge is 0.222 e. The van der Waals surface area contributed by atoms with Gasteiger partial charge in [0, 0.05) is 20.0 Å². The SMILES string of the molecule is Cc1ccc(CCCC(=O)N(C)CC(C)(C)CN)cc1.Cl. The number of rotatable bonds is 7. The molecule has 1 amide bonds. The lowest BCUT2D eigenvalue weighted by atomic mass is 9.93. The van der Waals surface area contributed by atoms with Crippen LogP contribution in [0.4, 0.5) is 0 Å². The quantitative estimate of drug-likeness (QED) is 0.840. The van der Waals surface area contributed by atoms with Crippen molar-refractivity contribution >= 4 is 18.3 Å². The van der Waals surface area contributed by atoms with Crippen LogP contribution in [0, 0.1) is 12.3 Å². The highest BCUT2D eigenvalue weighted by molar-refractivity contribution is 5.85. The number of hydrogen-bond donors (Lipinski definition) is 1. The first kappa shape index (κ1) is 19.9. The zero-order valence-electron chi connectivity index (χ0n) is 13.7. The maximum atomic E-state index is 12.1. The fourth-order valence-electron chi connectivity index (χ4n) is 2.18. The first-order valence-corrected chi connectivity index (χ1v) is 7.34. The zero-order valence-corrected chi connectivity index (χ0v) is 14.5. The molecule has 1 rings (SSSR count). The van der Waals surface area contributed by atoms with Crippen molar-refractivity contribution in [1.29, 1.82) is 0 Å². The number of amides is 1. The molecule has 0 aliphatic rings. The molecule has 21 heavy (non-hydrogen) atoms. The molecule has 4 heteroatoms. The largest absolute Gasteiger partial charge is 0.345 e. The summed E-state index contributed by atoms with van der Waals surface area (Å²) in [5.74, 6) is 0.207. The van der Waals surface area contributed by atoms with Crippen molar-refractivity contribution in [2.45, 2.75) is 40.0 Å². The Morgan fingerprint density at radius 3 is 2.33 bits per heavy atom. The summed E-state index contributed by atoms with van der Waals surface area (Å²) in [6.07, 6.45) is 2.46. The fraction of sp³-hybridized carbons (Fsp3) is 0.588. The third-order valence-corrected chi connectivity index (χ3v) is 3.62. The molecule has 1 aromatic carbocycles. The van der Waals surface area contributed by atoms with Gasteiger partial charge in [0.05, 0.1) is 0 Å². The molecule has 0 aliphatic heterocycles. The van der Waals surface area contributed by atoms with E-state index >= 15 is 0 Å². The first-order chi connectivity index (χ1) is 9.34. The van der Waals surface area contributed by atoms with Gasteiger partial charge in [-0.2, -0.15) is 0 Å². The van der Waals surface area contributed by atoms with Crippen LogP contribution >= 0.6 is 12.4 Å². The third-order valence-electron chi connectivity index (χ3n) is 3.62. The highest BCUT2D eigenvalue weighted by atomic mass is 35.5. The van der Waals surface area contributed by atoms with Crippen molar-refractivity contribution in [3.05, 3.63) is 35.4 Å². The summed E-state index contributed by atoms with van der Waals surface area (Å²) in [4.78, 5) is 13.9. The minimum Gasteiger partial charge on any atom is -0.345 e. The van der Waals surface area contributed by atoms with Gasteiger partial charge >= 0.3 is 0 Å². The van der Waals surface area contributed by atoms with Gasteiger partial charge in [0.2, 0.25) is 5.91 Å². The summed E-state index contributed by atoms with van der Waals surface area (Å²) in [6, 6.07) is 8.52. The molecule has 0 atom stereocenters. The lowest BCUT2D eigenvalue weighted by Crippen LogP contribution is -2.39. The Bertz CT molecular complexity index is 429. The molecule has 0 heterocycles. The number of benzene rings is 1. The van der Waals surface area contributed by atoms with E-state index in [2.05, 4.69) is 45.0 Å². The van der Waals surface area contributed by atoms with E-state index in [4.69, 9.17) is 5.73 Å². The summed E-state index contributed by atoms with van der Waals surface area (Å²) in [7, 11) is 1.87. The van der Waals surface area contributed by atoms with E-state index < -0.39 is 0 Å². The highest BCUT2D eigenvalue weighted by Crippen LogP contribution is 2.15. The van der Waals surface area contributed by atoms with Crippen LogP contribution in [0.25, 0.3) is 0 Å². The second kappa shape index (κ2) is 9.06. The number of halogens is 1. The van der Waals surface area contributed by atoms with Gasteiger partial charge in [-0.3, -0.25) is 4.79 Å². The Kier molecular flexibility index (Phi) is 8.60. The van der Waals surface area contributed by atoms with Gasteiger partial charge in [-0.05, 0) is 37.3 Å². The molecular formula is C17H29ClN2O. The number of carbonyl (C=O) groups is 1. The van der Waals surface area contributed by atoms with Crippen molar-refractivity contribution in [2.24, 2.45) is 11.1 Å². The molecule has 0 radical (unpaired) electrons. The minimum absolute atomic E-state index is 0. The molecule has 120 valence electrons. The molecule has 0 spiro atoms.